The maximum absolute atomic E-state index is 13.0. The van der Waals surface area contributed by atoms with Crippen molar-refractivity contribution in [1.29, 1.82) is 0 Å². The van der Waals surface area contributed by atoms with Crippen molar-refractivity contribution in [2.45, 2.75) is 18.8 Å². The molecule has 1 fully saturated rings. The Bertz CT molecular complexity index is 737. The number of likely N-dealkylation sites (N-methyl/N-ethyl adjacent to an activating group) is 2. The number of amidine groups is 1. The molecule has 2 atom stereocenters. The van der Waals surface area contributed by atoms with Crippen LogP contribution in [0.25, 0.3) is 0 Å². The largest absolute Gasteiger partial charge is 0.339 e. The van der Waals surface area contributed by atoms with Crippen LogP contribution < -0.4 is 0 Å². The number of halogens is 1. The lowest BCUT2D eigenvalue weighted by Crippen LogP contribution is -2.64. The zero-order valence-electron chi connectivity index (χ0n) is 14.1. The average Bonchev–Trinajstić information content (AvgIpc) is 2.93. The molecule has 3 amide bonds. The Morgan fingerprint density at radius 3 is 2.56 bits per heavy atom. The second-order valence-electron chi connectivity index (χ2n) is 5.93. The zero-order chi connectivity index (χ0) is 18.1. The summed E-state index contributed by atoms with van der Waals surface area (Å²) in [5, 5.41) is 1.36. The van der Waals surface area contributed by atoms with E-state index in [-0.39, 0.29) is 18.5 Å². The van der Waals surface area contributed by atoms with Crippen molar-refractivity contribution in [3.63, 3.8) is 0 Å². The van der Waals surface area contributed by atoms with Gasteiger partial charge in [-0.25, -0.2) is 9.79 Å². The van der Waals surface area contributed by atoms with Gasteiger partial charge in [0.1, 0.15) is 0 Å². The third-order valence-corrected chi connectivity index (χ3v) is 5.58. The highest BCUT2D eigenvalue weighted by atomic mass is 35.5. The van der Waals surface area contributed by atoms with Crippen LogP contribution in [0.15, 0.2) is 41.9 Å². The molecule has 8 heteroatoms. The van der Waals surface area contributed by atoms with Gasteiger partial charge < -0.3 is 9.80 Å². The molecule has 3 rings (SSSR count). The number of nitrogens with zero attached hydrogens (tertiary/aromatic N) is 4. The first-order chi connectivity index (χ1) is 11.9. The number of carbonyl (C=O) groups excluding carboxylic acids is 2. The van der Waals surface area contributed by atoms with Gasteiger partial charge in [0.2, 0.25) is 0 Å². The lowest BCUT2D eigenvalue weighted by molar-refractivity contribution is -0.137. The van der Waals surface area contributed by atoms with Crippen molar-refractivity contribution in [1.82, 2.24) is 14.7 Å². The molecule has 6 nitrogen and oxygen atoms in total. The predicted molar refractivity (Wildman–Crippen MR) is 101 cm³/mol. The molecule has 0 radical (unpaired) electrons. The second-order valence-corrected chi connectivity index (χ2v) is 7.35. The number of carbonyl (C=O) groups is 2. The SMILES string of the molecule is C=CCSC1=NC2C(C(=O)N(Cc3ccc(Cl)cc3)C(=O)N2C)N1C. The fourth-order valence-corrected chi connectivity index (χ4v) is 3.83. The Hall–Kier alpha value is -1.99. The van der Waals surface area contributed by atoms with E-state index in [0.29, 0.717) is 10.8 Å². The molecule has 0 aromatic heterocycles. The maximum Gasteiger partial charge on any atom is 0.328 e. The summed E-state index contributed by atoms with van der Waals surface area (Å²) in [7, 11) is 3.52. The summed E-state index contributed by atoms with van der Waals surface area (Å²) < 4.78 is 0. The molecule has 1 saturated heterocycles. The van der Waals surface area contributed by atoms with E-state index in [1.807, 2.05) is 24.1 Å². The molecule has 132 valence electrons. The van der Waals surface area contributed by atoms with Gasteiger partial charge in [0.15, 0.2) is 17.4 Å². The first-order valence-corrected chi connectivity index (χ1v) is 9.17. The number of hydrogen-bond donors (Lipinski definition) is 0. The highest BCUT2D eigenvalue weighted by Crippen LogP contribution is 2.30. The van der Waals surface area contributed by atoms with E-state index >= 15 is 0 Å². The monoisotopic (exact) mass is 378 g/mol. The van der Waals surface area contributed by atoms with E-state index in [4.69, 9.17) is 11.6 Å². The molecule has 0 N–H and O–H groups in total. The number of thioether (sulfide) groups is 1. The topological polar surface area (TPSA) is 56.2 Å². The highest BCUT2D eigenvalue weighted by molar-refractivity contribution is 8.13. The zero-order valence-corrected chi connectivity index (χ0v) is 15.6. The predicted octanol–water partition coefficient (Wildman–Crippen LogP) is 2.65. The van der Waals surface area contributed by atoms with E-state index in [1.54, 1.807) is 25.3 Å². The van der Waals surface area contributed by atoms with Crippen molar-refractivity contribution in [3.8, 4) is 0 Å². The molecule has 2 unspecified atom stereocenters. The van der Waals surface area contributed by atoms with Gasteiger partial charge in [0, 0.05) is 24.9 Å². The number of benzene rings is 1. The van der Waals surface area contributed by atoms with Gasteiger partial charge in [-0.15, -0.1) is 6.58 Å². The van der Waals surface area contributed by atoms with Crippen LogP contribution in [0.5, 0.6) is 0 Å². The smallest absolute Gasteiger partial charge is 0.328 e. The molecule has 1 aromatic carbocycles. The summed E-state index contributed by atoms with van der Waals surface area (Å²) in [5.41, 5.74) is 0.848. The first-order valence-electron chi connectivity index (χ1n) is 7.81. The molecule has 2 aliphatic rings. The Kier molecular flexibility index (Phi) is 5.06. The number of imide groups is 1. The van der Waals surface area contributed by atoms with E-state index in [0.717, 1.165) is 10.7 Å². The molecule has 25 heavy (non-hydrogen) atoms. The number of rotatable bonds is 4. The fourth-order valence-electron chi connectivity index (χ4n) is 2.93. The molecule has 2 aliphatic heterocycles. The lowest BCUT2D eigenvalue weighted by atomic mass is 10.1. The Morgan fingerprint density at radius 1 is 1.24 bits per heavy atom. The van der Waals surface area contributed by atoms with E-state index in [1.165, 1.54) is 21.6 Å². The minimum atomic E-state index is -0.498. The standard InChI is InChI=1S/C17H19ClN4O2S/c1-4-9-25-16-19-14-13(20(16)2)15(23)22(17(24)21(14)3)10-11-5-7-12(18)8-6-11/h4-8,13-14H,1,9-10H2,2-3H3. The first kappa shape index (κ1) is 17.8. The van der Waals surface area contributed by atoms with Crippen LogP contribution in [0.4, 0.5) is 4.79 Å². The van der Waals surface area contributed by atoms with Crippen LogP contribution in [0.3, 0.4) is 0 Å². The molecule has 0 bridgehead atoms. The molecule has 1 aromatic rings. The van der Waals surface area contributed by atoms with Crippen LogP contribution in [0.2, 0.25) is 5.02 Å². The molecule has 0 aliphatic carbocycles. The Labute approximate surface area is 156 Å². The van der Waals surface area contributed by atoms with Gasteiger partial charge in [-0.1, -0.05) is 41.6 Å². The van der Waals surface area contributed by atoms with Crippen molar-refractivity contribution in [2.24, 2.45) is 4.99 Å². The Balaban J connectivity index is 1.83. The molecular weight excluding hydrogens is 360 g/mol. The summed E-state index contributed by atoms with van der Waals surface area (Å²) >= 11 is 7.40. The highest BCUT2D eigenvalue weighted by Gasteiger charge is 2.50. The molecule has 0 spiro atoms. The third kappa shape index (κ3) is 3.26. The van der Waals surface area contributed by atoms with Crippen LogP contribution in [-0.4, -0.2) is 63.9 Å². The number of amides is 3. The van der Waals surface area contributed by atoms with Crippen LogP contribution in [-0.2, 0) is 11.3 Å². The van der Waals surface area contributed by atoms with E-state index < -0.39 is 12.2 Å². The number of fused-ring (bicyclic) bond motifs is 1. The summed E-state index contributed by atoms with van der Waals surface area (Å²) in [6, 6.07) is 6.29. The maximum atomic E-state index is 13.0. The van der Waals surface area contributed by atoms with Crippen LogP contribution in [0, 0.1) is 0 Å². The summed E-state index contributed by atoms with van der Waals surface area (Å²) in [4.78, 5) is 34.9. The van der Waals surface area contributed by atoms with Crippen molar-refractivity contribution >= 4 is 40.5 Å². The number of urea groups is 1. The van der Waals surface area contributed by atoms with Crippen molar-refractivity contribution in [2.75, 3.05) is 19.8 Å². The normalized spacial score (nSPS) is 23.0. The van der Waals surface area contributed by atoms with Gasteiger partial charge in [0.05, 0.1) is 6.54 Å². The van der Waals surface area contributed by atoms with Gasteiger partial charge in [-0.05, 0) is 17.7 Å². The molecule has 2 heterocycles. The summed E-state index contributed by atoms with van der Waals surface area (Å²) in [5.74, 6) is 0.465. The van der Waals surface area contributed by atoms with Gasteiger partial charge in [-0.2, -0.15) is 0 Å². The molecule has 0 saturated carbocycles. The third-order valence-electron chi connectivity index (χ3n) is 4.28. The lowest BCUT2D eigenvalue weighted by Gasteiger charge is -2.40. The Morgan fingerprint density at radius 2 is 1.92 bits per heavy atom. The van der Waals surface area contributed by atoms with E-state index in [9.17, 15) is 9.59 Å². The minimum Gasteiger partial charge on any atom is -0.339 e. The van der Waals surface area contributed by atoms with E-state index in [2.05, 4.69) is 11.6 Å². The molecular formula is C17H19ClN4O2S. The van der Waals surface area contributed by atoms with Crippen molar-refractivity contribution < 1.29 is 9.59 Å². The fraction of sp³-hybridized carbons (Fsp3) is 0.353. The average molecular weight is 379 g/mol. The van der Waals surface area contributed by atoms with Crippen molar-refractivity contribution in [3.05, 3.63) is 47.5 Å². The summed E-state index contributed by atoms with van der Waals surface area (Å²) in [6.45, 7) is 3.91. The van der Waals surface area contributed by atoms with Gasteiger partial charge in [0.25, 0.3) is 5.91 Å². The minimum absolute atomic E-state index is 0.214. The van der Waals surface area contributed by atoms with Crippen LogP contribution >= 0.6 is 23.4 Å². The van der Waals surface area contributed by atoms with Crippen LogP contribution in [0.1, 0.15) is 5.56 Å². The van der Waals surface area contributed by atoms with Gasteiger partial charge >= 0.3 is 6.03 Å². The number of hydrogen-bond acceptors (Lipinski definition) is 5. The summed E-state index contributed by atoms with van der Waals surface area (Å²) in [6.07, 6.45) is 1.30. The number of aliphatic imine (C=N–C) groups is 1. The second kappa shape index (κ2) is 7.09. The van der Waals surface area contributed by atoms with Gasteiger partial charge in [-0.3, -0.25) is 9.69 Å². The quantitative estimate of drug-likeness (QED) is 0.756.